The van der Waals surface area contributed by atoms with Gasteiger partial charge in [0, 0.05) is 0 Å². The van der Waals surface area contributed by atoms with Gasteiger partial charge in [-0.15, -0.1) is 0 Å². The molecule has 2 atom stereocenters. The van der Waals surface area contributed by atoms with Crippen LogP contribution in [-0.2, 0) is 14.8 Å². The minimum atomic E-state index is -3.72. The smallest absolute Gasteiger partial charge is 0.244 e. The fraction of sp³-hybridized carbons (Fsp3) is 0.240. The number of benzene rings is 3. The molecule has 0 spiro atoms. The van der Waals surface area contributed by atoms with E-state index in [0.29, 0.717) is 11.4 Å². The summed E-state index contributed by atoms with van der Waals surface area (Å²) in [6.07, 6.45) is 1.09. The van der Waals surface area contributed by atoms with E-state index in [0.717, 1.165) is 27.3 Å². The predicted octanol–water partition coefficient (Wildman–Crippen LogP) is 4.06. The molecule has 0 saturated carbocycles. The van der Waals surface area contributed by atoms with Crippen molar-refractivity contribution < 1.29 is 17.9 Å². The molecule has 168 valence electrons. The van der Waals surface area contributed by atoms with Gasteiger partial charge in [0.25, 0.3) is 0 Å². The lowest BCUT2D eigenvalue weighted by atomic mass is 9.97. The van der Waals surface area contributed by atoms with E-state index in [-0.39, 0.29) is 0 Å². The van der Waals surface area contributed by atoms with E-state index in [2.05, 4.69) is 5.32 Å². The molecule has 3 aromatic carbocycles. The topological polar surface area (TPSA) is 75.7 Å². The lowest BCUT2D eigenvalue weighted by Crippen LogP contribution is -2.48. The van der Waals surface area contributed by atoms with Gasteiger partial charge in [0.15, 0.2) is 0 Å². The summed E-state index contributed by atoms with van der Waals surface area (Å²) in [5.74, 6) is 0.198. The van der Waals surface area contributed by atoms with Crippen LogP contribution >= 0.6 is 0 Å². The molecule has 0 aliphatic heterocycles. The first-order chi connectivity index (χ1) is 15.2. The fourth-order valence-electron chi connectivity index (χ4n) is 3.56. The van der Waals surface area contributed by atoms with Crippen LogP contribution in [0, 0.1) is 6.92 Å². The first kappa shape index (κ1) is 23.3. The van der Waals surface area contributed by atoms with Crippen molar-refractivity contribution in [3.05, 3.63) is 95.6 Å². The average molecular weight is 453 g/mol. The molecule has 0 heterocycles. The zero-order valence-electron chi connectivity index (χ0n) is 18.6. The van der Waals surface area contributed by atoms with Crippen molar-refractivity contribution in [1.29, 1.82) is 0 Å². The Morgan fingerprint density at radius 3 is 2.00 bits per heavy atom. The number of ether oxygens (including phenoxy) is 1. The van der Waals surface area contributed by atoms with Crippen molar-refractivity contribution in [2.45, 2.75) is 25.9 Å². The highest BCUT2D eigenvalue weighted by molar-refractivity contribution is 7.92. The normalized spacial score (nSPS) is 13.1. The van der Waals surface area contributed by atoms with Crippen molar-refractivity contribution in [2.24, 2.45) is 0 Å². The van der Waals surface area contributed by atoms with Crippen LogP contribution in [-0.4, -0.2) is 33.7 Å². The standard InChI is InChI=1S/C25H28N2O4S/c1-18-10-12-21(13-11-18)24(20-8-6-5-7-9-20)26-25(28)19(2)27(32(4,29)30)22-14-16-23(31-3)17-15-22/h5-17,19,24H,1-4H3,(H,26,28)/t19-,24-/m0/s1. The van der Waals surface area contributed by atoms with Gasteiger partial charge < -0.3 is 10.1 Å². The molecule has 0 radical (unpaired) electrons. The summed E-state index contributed by atoms with van der Waals surface area (Å²) in [4.78, 5) is 13.3. The third kappa shape index (κ3) is 5.48. The van der Waals surface area contributed by atoms with Gasteiger partial charge in [0.05, 0.1) is 25.1 Å². The number of methoxy groups -OCH3 is 1. The average Bonchev–Trinajstić information content (AvgIpc) is 2.78. The minimum absolute atomic E-state index is 0.391. The molecule has 0 aromatic heterocycles. The molecule has 0 aliphatic carbocycles. The van der Waals surface area contributed by atoms with E-state index < -0.39 is 28.0 Å². The molecule has 1 N–H and O–H groups in total. The summed E-state index contributed by atoms with van der Waals surface area (Å²) in [7, 11) is -2.18. The van der Waals surface area contributed by atoms with Gasteiger partial charge in [-0.3, -0.25) is 9.10 Å². The van der Waals surface area contributed by atoms with Gasteiger partial charge in [-0.05, 0) is 49.2 Å². The zero-order chi connectivity index (χ0) is 23.3. The summed E-state index contributed by atoms with van der Waals surface area (Å²) in [5.41, 5.74) is 3.33. The second-order valence-electron chi connectivity index (χ2n) is 7.70. The highest BCUT2D eigenvalue weighted by Gasteiger charge is 2.31. The molecule has 0 fully saturated rings. The van der Waals surface area contributed by atoms with Crippen molar-refractivity contribution in [2.75, 3.05) is 17.7 Å². The summed E-state index contributed by atoms with van der Waals surface area (Å²) < 4.78 is 31.5. The number of carbonyl (C=O) groups is 1. The van der Waals surface area contributed by atoms with Crippen LogP contribution < -0.4 is 14.4 Å². The molecule has 0 aliphatic rings. The van der Waals surface area contributed by atoms with Crippen molar-refractivity contribution in [3.63, 3.8) is 0 Å². The molecule has 1 amide bonds. The SMILES string of the molecule is COc1ccc(N([C@@H](C)C(=O)N[C@@H](c2ccccc2)c2ccc(C)cc2)S(C)(=O)=O)cc1. The van der Waals surface area contributed by atoms with Crippen LogP contribution in [0.25, 0.3) is 0 Å². The third-order valence-electron chi connectivity index (χ3n) is 5.25. The molecule has 7 heteroatoms. The largest absolute Gasteiger partial charge is 0.497 e. The quantitative estimate of drug-likeness (QED) is 0.559. The summed E-state index contributed by atoms with van der Waals surface area (Å²) in [6.45, 7) is 3.58. The summed E-state index contributed by atoms with van der Waals surface area (Å²) in [6, 6.07) is 22.7. The van der Waals surface area contributed by atoms with Crippen molar-refractivity contribution in [3.8, 4) is 5.75 Å². The van der Waals surface area contributed by atoms with Gasteiger partial charge in [-0.25, -0.2) is 8.42 Å². The van der Waals surface area contributed by atoms with E-state index in [9.17, 15) is 13.2 Å². The van der Waals surface area contributed by atoms with Gasteiger partial charge in [-0.2, -0.15) is 0 Å². The number of anilines is 1. The number of sulfonamides is 1. The highest BCUT2D eigenvalue weighted by Crippen LogP contribution is 2.26. The molecule has 0 saturated heterocycles. The molecule has 3 rings (SSSR count). The highest BCUT2D eigenvalue weighted by atomic mass is 32.2. The number of amides is 1. The van der Waals surface area contributed by atoms with Gasteiger partial charge >= 0.3 is 0 Å². The number of carbonyl (C=O) groups excluding carboxylic acids is 1. The van der Waals surface area contributed by atoms with Gasteiger partial charge in [-0.1, -0.05) is 60.2 Å². The van der Waals surface area contributed by atoms with E-state index in [1.165, 1.54) is 7.11 Å². The molecular formula is C25H28N2O4S. The maximum absolute atomic E-state index is 13.3. The fourth-order valence-corrected chi connectivity index (χ4v) is 4.74. The Hall–Kier alpha value is -3.32. The Morgan fingerprint density at radius 2 is 1.47 bits per heavy atom. The molecule has 6 nitrogen and oxygen atoms in total. The van der Waals surface area contributed by atoms with Crippen molar-refractivity contribution >= 4 is 21.6 Å². The number of nitrogens with zero attached hydrogens (tertiary/aromatic N) is 1. The van der Waals surface area contributed by atoms with Crippen LogP contribution in [0.3, 0.4) is 0 Å². The maximum Gasteiger partial charge on any atom is 0.244 e. The Balaban J connectivity index is 1.93. The second kappa shape index (κ2) is 9.87. The Kier molecular flexibility index (Phi) is 7.20. The summed E-state index contributed by atoms with van der Waals surface area (Å²) >= 11 is 0. The van der Waals surface area contributed by atoms with Gasteiger partial charge in [0.1, 0.15) is 11.8 Å². The molecule has 0 bridgehead atoms. The second-order valence-corrected chi connectivity index (χ2v) is 9.56. The maximum atomic E-state index is 13.3. The number of hydrogen-bond acceptors (Lipinski definition) is 4. The molecule has 32 heavy (non-hydrogen) atoms. The molecule has 0 unspecified atom stereocenters. The number of hydrogen-bond donors (Lipinski definition) is 1. The molecular weight excluding hydrogens is 424 g/mol. The van der Waals surface area contributed by atoms with E-state index in [1.54, 1.807) is 31.2 Å². The number of rotatable bonds is 8. The molecule has 3 aromatic rings. The number of aryl methyl sites for hydroxylation is 1. The predicted molar refractivity (Wildman–Crippen MR) is 127 cm³/mol. The third-order valence-corrected chi connectivity index (χ3v) is 6.49. The minimum Gasteiger partial charge on any atom is -0.497 e. The Morgan fingerprint density at radius 1 is 0.906 bits per heavy atom. The van der Waals surface area contributed by atoms with Crippen LogP contribution in [0.15, 0.2) is 78.9 Å². The Labute approximate surface area is 189 Å². The first-order valence-corrected chi connectivity index (χ1v) is 12.1. The Bertz CT molecular complexity index is 1140. The zero-order valence-corrected chi connectivity index (χ0v) is 19.5. The number of nitrogens with one attached hydrogen (secondary N) is 1. The van der Waals surface area contributed by atoms with E-state index >= 15 is 0 Å². The lowest BCUT2D eigenvalue weighted by molar-refractivity contribution is -0.122. The lowest BCUT2D eigenvalue weighted by Gasteiger charge is -2.30. The van der Waals surface area contributed by atoms with Gasteiger partial charge in [0.2, 0.25) is 15.9 Å². The summed E-state index contributed by atoms with van der Waals surface area (Å²) in [5, 5.41) is 3.04. The van der Waals surface area contributed by atoms with Crippen LogP contribution in [0.4, 0.5) is 5.69 Å². The first-order valence-electron chi connectivity index (χ1n) is 10.3. The van der Waals surface area contributed by atoms with Crippen molar-refractivity contribution in [1.82, 2.24) is 5.32 Å². The van der Waals surface area contributed by atoms with Crippen LogP contribution in [0.5, 0.6) is 5.75 Å². The monoisotopic (exact) mass is 452 g/mol. The van der Waals surface area contributed by atoms with Crippen LogP contribution in [0.2, 0.25) is 0 Å². The van der Waals surface area contributed by atoms with Crippen LogP contribution in [0.1, 0.15) is 29.7 Å². The van der Waals surface area contributed by atoms with E-state index in [4.69, 9.17) is 4.74 Å². The van der Waals surface area contributed by atoms with E-state index in [1.807, 2.05) is 61.5 Å².